The first-order valence-electron chi connectivity index (χ1n) is 17.5. The molecule has 9 heteroatoms. The Morgan fingerprint density at radius 3 is 1.91 bits per heavy atom. The molecule has 0 aromatic heterocycles. The van der Waals surface area contributed by atoms with Gasteiger partial charge in [-0.2, -0.15) is 0 Å². The fourth-order valence-corrected chi connectivity index (χ4v) is 13.6. The Morgan fingerprint density at radius 1 is 0.787 bits per heavy atom. The van der Waals surface area contributed by atoms with Crippen LogP contribution in [0.3, 0.4) is 0 Å². The average Bonchev–Trinajstić information content (AvgIpc) is 3.30. The van der Waals surface area contributed by atoms with E-state index in [-0.39, 0.29) is 61.5 Å². The van der Waals surface area contributed by atoms with Crippen LogP contribution in [-0.2, 0) is 32.8 Å². The minimum Gasteiger partial charge on any atom is -0.404 e. The summed E-state index contributed by atoms with van der Waals surface area (Å²) in [7, 11) is -0.630. The van der Waals surface area contributed by atoms with Crippen molar-refractivity contribution in [3.8, 4) is 0 Å². The molecule has 2 aliphatic rings. The summed E-state index contributed by atoms with van der Waals surface area (Å²) in [5, 5.41) is 2.48. The van der Waals surface area contributed by atoms with Crippen molar-refractivity contribution >= 4 is 26.8 Å². The molecule has 0 bridgehead atoms. The summed E-state index contributed by atoms with van der Waals surface area (Å²) in [6.07, 6.45) is 2.17. The van der Waals surface area contributed by atoms with Crippen LogP contribution < -0.4 is 10.4 Å². The summed E-state index contributed by atoms with van der Waals surface area (Å²) in [6, 6.07) is 23.0. The molecule has 0 heterocycles. The monoisotopic (exact) mass is 686 g/mol. The van der Waals surface area contributed by atoms with E-state index < -0.39 is 22.0 Å². The van der Waals surface area contributed by atoms with Gasteiger partial charge >= 0.3 is 0 Å². The van der Waals surface area contributed by atoms with Gasteiger partial charge in [0.2, 0.25) is 0 Å². The van der Waals surface area contributed by atoms with E-state index in [1.807, 2.05) is 0 Å². The maximum atomic E-state index is 7.82. The van der Waals surface area contributed by atoms with E-state index in [2.05, 4.69) is 115 Å². The molecule has 7 nitrogen and oxygen atoms in total. The molecule has 7 atom stereocenters. The minimum absolute atomic E-state index is 0.0112. The van der Waals surface area contributed by atoms with Crippen LogP contribution in [0.15, 0.2) is 60.7 Å². The fraction of sp³-hybridized carbons (Fsp3) is 0.684. The molecular formula is C38H62O7Si2. The maximum Gasteiger partial charge on any atom is 0.261 e. The molecule has 0 amide bonds. The zero-order valence-electron chi connectivity index (χ0n) is 30.8. The van der Waals surface area contributed by atoms with Crippen molar-refractivity contribution in [2.45, 2.75) is 109 Å². The lowest BCUT2D eigenvalue weighted by atomic mass is 9.77. The molecule has 264 valence electrons. The molecule has 2 aromatic rings. The van der Waals surface area contributed by atoms with Crippen LogP contribution in [0.25, 0.3) is 0 Å². The highest BCUT2D eigenvalue weighted by Gasteiger charge is 2.59. The van der Waals surface area contributed by atoms with Gasteiger partial charge in [-0.05, 0) is 52.6 Å². The first kappa shape index (κ1) is 38.4. The van der Waals surface area contributed by atoms with Gasteiger partial charge in [0.05, 0.1) is 17.8 Å². The third kappa shape index (κ3) is 9.24. The van der Waals surface area contributed by atoms with Crippen LogP contribution in [0, 0.1) is 17.8 Å². The normalized spacial score (nSPS) is 28.6. The van der Waals surface area contributed by atoms with E-state index in [4.69, 9.17) is 32.8 Å². The molecule has 0 N–H and O–H groups in total. The van der Waals surface area contributed by atoms with Gasteiger partial charge < -0.3 is 32.8 Å². The smallest absolute Gasteiger partial charge is 0.261 e. The van der Waals surface area contributed by atoms with Crippen LogP contribution in [0.5, 0.6) is 0 Å². The van der Waals surface area contributed by atoms with Gasteiger partial charge in [-0.25, -0.2) is 0 Å². The predicted molar refractivity (Wildman–Crippen MR) is 194 cm³/mol. The Labute approximate surface area is 287 Å². The van der Waals surface area contributed by atoms with Crippen molar-refractivity contribution < 1.29 is 32.8 Å². The molecule has 0 unspecified atom stereocenters. The first-order valence-corrected chi connectivity index (χ1v) is 23.1. The van der Waals surface area contributed by atoms with Crippen LogP contribution in [-0.4, -0.2) is 81.5 Å². The number of ether oxygens (including phenoxy) is 6. The van der Waals surface area contributed by atoms with E-state index in [1.54, 1.807) is 14.2 Å². The van der Waals surface area contributed by atoms with Gasteiger partial charge in [-0.15, -0.1) is 0 Å². The summed E-state index contributed by atoms with van der Waals surface area (Å²) in [5.41, 5.74) is -0.506. The SMILES string of the molecule is COCO[C@@H]1C[C@@H](OCOCC[Si](C)(C)C)[C@@H]2[C@@H](C)[C@@H](O[Si](c3ccccc3)(c3ccccc3)C(C)(C)C)C[C@@H]2[C@@](C)(OCOC)C1. The second-order valence-electron chi connectivity index (χ2n) is 16.1. The number of fused-ring (bicyclic) bond motifs is 1. The molecule has 47 heavy (non-hydrogen) atoms. The van der Waals surface area contributed by atoms with Crippen LogP contribution >= 0.6 is 0 Å². The third-order valence-corrected chi connectivity index (χ3v) is 17.3. The Kier molecular flexibility index (Phi) is 13.5. The standard InChI is InChI=1S/C38H62O7Si2/c1-29-34(45-47(37(2,3)4,31-17-13-11-14-18-31)32-19-15-12-16-20-32)24-33-36(29)35(43-28-41-21-22-46(8,9)10)23-30(42-26-39-6)25-38(33,5)44-27-40-7/h11-20,29-30,33-36H,21-28H2,1-10H3/t29-,30+,33-,34-,35+,36+,38-/m0/s1. The van der Waals surface area contributed by atoms with Crippen LogP contribution in [0.1, 0.15) is 53.9 Å². The van der Waals surface area contributed by atoms with Gasteiger partial charge in [0, 0.05) is 47.8 Å². The molecule has 4 rings (SSSR count). The molecule has 2 saturated carbocycles. The topological polar surface area (TPSA) is 64.6 Å². The van der Waals surface area contributed by atoms with E-state index >= 15 is 0 Å². The number of hydrogen-bond acceptors (Lipinski definition) is 7. The van der Waals surface area contributed by atoms with Crippen molar-refractivity contribution in [2.24, 2.45) is 17.8 Å². The first-order chi connectivity index (χ1) is 22.3. The lowest BCUT2D eigenvalue weighted by molar-refractivity contribution is -0.175. The van der Waals surface area contributed by atoms with Crippen LogP contribution in [0.4, 0.5) is 0 Å². The lowest BCUT2D eigenvalue weighted by Gasteiger charge is -2.45. The van der Waals surface area contributed by atoms with Gasteiger partial charge in [0.1, 0.15) is 20.4 Å². The van der Waals surface area contributed by atoms with Gasteiger partial charge in [0.25, 0.3) is 8.32 Å². The lowest BCUT2D eigenvalue weighted by Crippen LogP contribution is -2.68. The Morgan fingerprint density at radius 2 is 1.38 bits per heavy atom. The Balaban J connectivity index is 1.73. The van der Waals surface area contributed by atoms with E-state index in [1.165, 1.54) is 10.4 Å². The number of hydrogen-bond donors (Lipinski definition) is 0. The molecule has 0 radical (unpaired) electrons. The van der Waals surface area contributed by atoms with Gasteiger partial charge in [-0.3, -0.25) is 0 Å². The second kappa shape index (κ2) is 16.5. The number of methoxy groups -OCH3 is 2. The quantitative estimate of drug-likeness (QED) is 0.106. The van der Waals surface area contributed by atoms with Crippen molar-refractivity contribution in [2.75, 3.05) is 41.2 Å². The fourth-order valence-electron chi connectivity index (χ4n) is 8.07. The van der Waals surface area contributed by atoms with E-state index in [0.717, 1.165) is 31.9 Å². The molecule has 2 aliphatic carbocycles. The number of rotatable bonds is 16. The van der Waals surface area contributed by atoms with Crippen molar-refractivity contribution in [1.82, 2.24) is 0 Å². The molecule has 0 aliphatic heterocycles. The summed E-state index contributed by atoms with van der Waals surface area (Å²) in [6.45, 7) is 20.2. The molecular weight excluding hydrogens is 625 g/mol. The van der Waals surface area contributed by atoms with Crippen LogP contribution in [0.2, 0.25) is 30.7 Å². The molecule has 0 spiro atoms. The highest BCUT2D eigenvalue weighted by molar-refractivity contribution is 6.99. The number of benzene rings is 2. The second-order valence-corrected chi connectivity index (χ2v) is 26.0. The highest BCUT2D eigenvalue weighted by atomic mass is 28.4. The predicted octanol–water partition coefficient (Wildman–Crippen LogP) is 7.06. The third-order valence-electron chi connectivity index (χ3n) is 10.5. The minimum atomic E-state index is -2.78. The molecule has 2 aromatic carbocycles. The summed E-state index contributed by atoms with van der Waals surface area (Å²) >= 11 is 0. The van der Waals surface area contributed by atoms with Crippen molar-refractivity contribution in [3.05, 3.63) is 60.7 Å². The summed E-state index contributed by atoms with van der Waals surface area (Å²) < 4.78 is 44.4. The van der Waals surface area contributed by atoms with Crippen molar-refractivity contribution in [1.29, 1.82) is 0 Å². The molecule has 2 fully saturated rings. The van der Waals surface area contributed by atoms with Gasteiger partial charge in [0.15, 0.2) is 0 Å². The van der Waals surface area contributed by atoms with E-state index in [0.29, 0.717) is 0 Å². The summed E-state index contributed by atoms with van der Waals surface area (Å²) in [5.74, 6) is 0.552. The highest BCUT2D eigenvalue weighted by Crippen LogP contribution is 2.54. The zero-order chi connectivity index (χ0) is 34.3. The molecule has 0 saturated heterocycles. The maximum absolute atomic E-state index is 7.82. The largest absolute Gasteiger partial charge is 0.404 e. The average molecular weight is 687 g/mol. The Hall–Kier alpha value is -1.41. The van der Waals surface area contributed by atoms with Gasteiger partial charge in [-0.1, -0.05) is 108 Å². The zero-order valence-corrected chi connectivity index (χ0v) is 32.8. The van der Waals surface area contributed by atoms with E-state index in [9.17, 15) is 0 Å². The Bertz CT molecular complexity index is 1160. The summed E-state index contributed by atoms with van der Waals surface area (Å²) in [4.78, 5) is 0. The van der Waals surface area contributed by atoms with Crippen molar-refractivity contribution in [3.63, 3.8) is 0 Å².